The van der Waals surface area contributed by atoms with Crippen LogP contribution in [0, 0.1) is 18.3 Å². The molecule has 4 aromatic rings. The number of likely N-dealkylation sites (N-methyl/N-ethyl adjacent to an activating group) is 1. The van der Waals surface area contributed by atoms with Crippen molar-refractivity contribution in [2.45, 2.75) is 25.2 Å². The van der Waals surface area contributed by atoms with Crippen LogP contribution in [-0.4, -0.2) is 71.4 Å². The van der Waals surface area contributed by atoms with Gasteiger partial charge in [-0.15, -0.1) is 0 Å². The van der Waals surface area contributed by atoms with E-state index in [1.807, 2.05) is 37.3 Å². The zero-order valence-corrected chi connectivity index (χ0v) is 24.3. The van der Waals surface area contributed by atoms with Crippen molar-refractivity contribution in [1.29, 1.82) is 5.26 Å². The minimum atomic E-state index is -0.454. The van der Waals surface area contributed by atoms with Gasteiger partial charge in [0.05, 0.1) is 18.0 Å². The molecule has 6 rings (SSSR count). The number of hydrogen-bond acceptors (Lipinski definition) is 9. The molecular weight excluding hydrogens is 550 g/mol. The summed E-state index contributed by atoms with van der Waals surface area (Å²) in [7, 11) is 2.09. The molecule has 0 radical (unpaired) electrons. The molecule has 2 N–H and O–H groups in total. The van der Waals surface area contributed by atoms with Gasteiger partial charge in [-0.1, -0.05) is 29.5 Å². The van der Waals surface area contributed by atoms with E-state index in [9.17, 15) is 14.9 Å². The van der Waals surface area contributed by atoms with Crippen LogP contribution in [0.25, 0.3) is 10.3 Å². The Hall–Kier alpha value is -4.37. The lowest BCUT2D eigenvalue weighted by atomic mass is 9.96. The molecule has 0 bridgehead atoms. The van der Waals surface area contributed by atoms with Crippen LogP contribution in [0.3, 0.4) is 0 Å². The number of amides is 2. The molecule has 1 saturated heterocycles. The number of piperazine rings is 1. The second kappa shape index (κ2) is 11.5. The molecule has 2 aromatic carbocycles. The average molecular weight is 582 g/mol. The molecule has 2 aromatic heterocycles. The Labute approximate surface area is 247 Å². The third kappa shape index (κ3) is 6.11. The molecule has 11 heteroatoms. The number of ether oxygens (including phenoxy) is 1. The van der Waals surface area contributed by atoms with E-state index in [1.165, 1.54) is 11.3 Å². The van der Waals surface area contributed by atoms with Crippen molar-refractivity contribution in [3.8, 4) is 17.7 Å². The van der Waals surface area contributed by atoms with Gasteiger partial charge in [0, 0.05) is 49.6 Å². The summed E-state index contributed by atoms with van der Waals surface area (Å²) in [5.74, 6) is 0.590. The van der Waals surface area contributed by atoms with E-state index < -0.39 is 5.41 Å². The third-order valence-electron chi connectivity index (χ3n) is 7.74. The van der Waals surface area contributed by atoms with Gasteiger partial charge in [0.2, 0.25) is 11.8 Å². The zero-order chi connectivity index (χ0) is 29.3. The SMILES string of the molecule is Cc1ccc(NC(=O)c2cccc(C3(C#N)CC3)c2)cc1Oc1ccc2nc(NC(=O)CN3CCN(C)CC3)sc2n1. The van der Waals surface area contributed by atoms with Gasteiger partial charge in [-0.25, -0.2) is 9.97 Å². The topological polar surface area (TPSA) is 123 Å². The number of hydrogen-bond donors (Lipinski definition) is 2. The fraction of sp³-hybridized carbons (Fsp3) is 0.323. The number of fused-ring (bicyclic) bond motifs is 1. The molecule has 0 atom stereocenters. The second-order valence-electron chi connectivity index (χ2n) is 10.9. The van der Waals surface area contributed by atoms with Crippen molar-refractivity contribution in [1.82, 2.24) is 19.8 Å². The first kappa shape index (κ1) is 27.8. The predicted octanol–water partition coefficient (Wildman–Crippen LogP) is 4.79. The van der Waals surface area contributed by atoms with Gasteiger partial charge in [-0.3, -0.25) is 14.5 Å². The van der Waals surface area contributed by atoms with E-state index in [4.69, 9.17) is 4.74 Å². The average Bonchev–Trinajstić information content (AvgIpc) is 3.69. The minimum Gasteiger partial charge on any atom is -0.439 e. The van der Waals surface area contributed by atoms with Crippen molar-refractivity contribution in [3.63, 3.8) is 0 Å². The minimum absolute atomic E-state index is 0.0894. The molecule has 1 aliphatic carbocycles. The molecule has 42 heavy (non-hydrogen) atoms. The van der Waals surface area contributed by atoms with Crippen molar-refractivity contribution in [3.05, 3.63) is 71.3 Å². The van der Waals surface area contributed by atoms with Crippen LogP contribution in [0.5, 0.6) is 11.6 Å². The van der Waals surface area contributed by atoms with E-state index in [2.05, 4.69) is 43.5 Å². The summed E-state index contributed by atoms with van der Waals surface area (Å²) in [6, 6.07) is 18.6. The van der Waals surface area contributed by atoms with Gasteiger partial charge in [0.15, 0.2) is 5.13 Å². The summed E-state index contributed by atoms with van der Waals surface area (Å²) >= 11 is 1.30. The summed E-state index contributed by atoms with van der Waals surface area (Å²) in [6.07, 6.45) is 1.64. The summed E-state index contributed by atoms with van der Waals surface area (Å²) in [6.45, 7) is 5.89. The second-order valence-corrected chi connectivity index (χ2v) is 11.9. The van der Waals surface area contributed by atoms with Crippen molar-refractivity contribution >= 4 is 44.3 Å². The summed E-state index contributed by atoms with van der Waals surface area (Å²) < 4.78 is 6.11. The Bertz CT molecular complexity index is 1700. The van der Waals surface area contributed by atoms with Gasteiger partial charge in [0.25, 0.3) is 5.91 Å². The lowest BCUT2D eigenvalue weighted by Gasteiger charge is -2.31. The lowest BCUT2D eigenvalue weighted by Crippen LogP contribution is -2.47. The maximum absolute atomic E-state index is 13.0. The highest BCUT2D eigenvalue weighted by Crippen LogP contribution is 2.47. The van der Waals surface area contributed by atoms with Crippen LogP contribution in [0.1, 0.15) is 34.3 Å². The van der Waals surface area contributed by atoms with Crippen LogP contribution in [-0.2, 0) is 10.2 Å². The normalized spacial score (nSPS) is 16.5. The van der Waals surface area contributed by atoms with Crippen molar-refractivity contribution in [2.24, 2.45) is 0 Å². The maximum Gasteiger partial charge on any atom is 0.255 e. The third-order valence-corrected chi connectivity index (χ3v) is 8.62. The Balaban J connectivity index is 1.11. The van der Waals surface area contributed by atoms with Gasteiger partial charge >= 0.3 is 0 Å². The largest absolute Gasteiger partial charge is 0.439 e. The van der Waals surface area contributed by atoms with Gasteiger partial charge in [-0.05, 0) is 62.2 Å². The highest BCUT2D eigenvalue weighted by molar-refractivity contribution is 7.21. The molecule has 1 aliphatic heterocycles. The Morgan fingerprint density at radius 3 is 2.62 bits per heavy atom. The van der Waals surface area contributed by atoms with Crippen molar-refractivity contribution < 1.29 is 14.3 Å². The molecule has 0 spiro atoms. The number of aromatic nitrogens is 2. The van der Waals surface area contributed by atoms with Crippen LogP contribution >= 0.6 is 11.3 Å². The Morgan fingerprint density at radius 1 is 1.05 bits per heavy atom. The molecule has 1 saturated carbocycles. The van der Waals surface area contributed by atoms with Crippen LogP contribution in [0.4, 0.5) is 10.8 Å². The number of aryl methyl sites for hydroxylation is 1. The molecule has 10 nitrogen and oxygen atoms in total. The lowest BCUT2D eigenvalue weighted by molar-refractivity contribution is -0.117. The molecule has 3 heterocycles. The molecule has 2 fully saturated rings. The number of carbonyl (C=O) groups is 2. The van der Waals surface area contributed by atoms with Crippen LogP contribution in [0.2, 0.25) is 0 Å². The van der Waals surface area contributed by atoms with E-state index in [1.54, 1.807) is 24.3 Å². The van der Waals surface area contributed by atoms with E-state index in [-0.39, 0.29) is 11.8 Å². The highest BCUT2D eigenvalue weighted by atomic mass is 32.1. The Kier molecular flexibility index (Phi) is 7.60. The first-order valence-corrected chi connectivity index (χ1v) is 14.7. The van der Waals surface area contributed by atoms with Crippen LogP contribution < -0.4 is 15.4 Å². The quantitative estimate of drug-likeness (QED) is 0.305. The molecule has 2 amide bonds. The monoisotopic (exact) mass is 581 g/mol. The zero-order valence-electron chi connectivity index (χ0n) is 23.5. The predicted molar refractivity (Wildman–Crippen MR) is 162 cm³/mol. The van der Waals surface area contributed by atoms with E-state index in [0.29, 0.717) is 44.9 Å². The fourth-order valence-electron chi connectivity index (χ4n) is 4.93. The molecule has 0 unspecified atom stereocenters. The van der Waals surface area contributed by atoms with E-state index in [0.717, 1.165) is 50.1 Å². The standard InChI is InChI=1S/C31H31N7O3S/c1-20-6-7-23(33-28(40)21-4-3-5-22(16-21)31(19-32)10-11-31)17-25(20)41-27-9-8-24-29(36-27)42-30(34-24)35-26(39)18-38-14-12-37(2)13-15-38/h3-9,16-17H,10-15,18H2,1-2H3,(H,33,40)(H,34,35,39). The Morgan fingerprint density at radius 2 is 1.86 bits per heavy atom. The van der Waals surface area contributed by atoms with Crippen LogP contribution in [0.15, 0.2) is 54.6 Å². The first-order chi connectivity index (χ1) is 20.3. The molecular formula is C31H31N7O3S. The number of anilines is 2. The number of nitrogens with zero attached hydrogens (tertiary/aromatic N) is 5. The smallest absolute Gasteiger partial charge is 0.255 e. The molecule has 214 valence electrons. The van der Waals surface area contributed by atoms with Crippen molar-refractivity contribution in [2.75, 3.05) is 50.4 Å². The summed E-state index contributed by atoms with van der Waals surface area (Å²) in [4.78, 5) is 39.7. The van der Waals surface area contributed by atoms with Gasteiger partial charge in [0.1, 0.15) is 16.1 Å². The van der Waals surface area contributed by atoms with Gasteiger partial charge < -0.3 is 20.3 Å². The number of nitrogens with one attached hydrogen (secondary N) is 2. The number of rotatable bonds is 8. The number of pyridine rings is 1. The number of nitriles is 1. The summed E-state index contributed by atoms with van der Waals surface area (Å²) in [5, 5.41) is 15.9. The molecule has 2 aliphatic rings. The maximum atomic E-state index is 13.0. The number of carbonyl (C=O) groups excluding carboxylic acids is 2. The highest BCUT2D eigenvalue weighted by Gasteiger charge is 2.45. The number of benzene rings is 2. The number of thiazole rings is 1. The fourth-order valence-corrected chi connectivity index (χ4v) is 5.78. The van der Waals surface area contributed by atoms with Gasteiger partial charge in [-0.2, -0.15) is 5.26 Å². The first-order valence-electron chi connectivity index (χ1n) is 13.9. The van der Waals surface area contributed by atoms with E-state index >= 15 is 0 Å². The summed E-state index contributed by atoms with van der Waals surface area (Å²) in [5.41, 5.74) is 3.06.